The molecule has 0 aromatic heterocycles. The van der Waals surface area contributed by atoms with E-state index in [0.717, 1.165) is 30.7 Å². The average Bonchev–Trinajstić information content (AvgIpc) is 2.70. The van der Waals surface area contributed by atoms with Crippen LogP contribution in [0.15, 0.2) is 24.3 Å². The van der Waals surface area contributed by atoms with E-state index >= 15 is 0 Å². The number of piperidine rings is 1. The van der Waals surface area contributed by atoms with Gasteiger partial charge in [0, 0.05) is 25.2 Å². The Kier molecular flexibility index (Phi) is 7.64. The SMILES string of the molecule is CCCNC(=O)C(C)OC(=O)C1CCN(C(=O)c2ccc(C(F)(F)F)cc2)CC1. The fraction of sp³-hybridized carbons (Fsp3) is 0.550. The molecule has 2 amide bonds. The molecule has 0 saturated carbocycles. The van der Waals surface area contributed by atoms with E-state index in [-0.39, 0.29) is 30.5 Å². The number of carbonyl (C=O) groups is 3. The first-order chi connectivity index (χ1) is 13.6. The summed E-state index contributed by atoms with van der Waals surface area (Å²) in [5.41, 5.74) is -0.646. The summed E-state index contributed by atoms with van der Waals surface area (Å²) in [7, 11) is 0. The molecular formula is C20H25F3N2O4. The fourth-order valence-corrected chi connectivity index (χ4v) is 3.02. The van der Waals surface area contributed by atoms with Gasteiger partial charge in [0.1, 0.15) is 0 Å². The van der Waals surface area contributed by atoms with Crippen LogP contribution in [0.3, 0.4) is 0 Å². The van der Waals surface area contributed by atoms with Crippen molar-refractivity contribution in [3.05, 3.63) is 35.4 Å². The van der Waals surface area contributed by atoms with Crippen LogP contribution in [0.1, 0.15) is 49.0 Å². The van der Waals surface area contributed by atoms with Crippen LogP contribution >= 0.6 is 0 Å². The van der Waals surface area contributed by atoms with Crippen LogP contribution in [0.25, 0.3) is 0 Å². The number of rotatable bonds is 6. The molecular weight excluding hydrogens is 389 g/mol. The molecule has 1 aromatic carbocycles. The number of benzene rings is 1. The quantitative estimate of drug-likeness (QED) is 0.726. The van der Waals surface area contributed by atoms with Crippen LogP contribution in [-0.4, -0.2) is 48.4 Å². The van der Waals surface area contributed by atoms with E-state index in [0.29, 0.717) is 19.4 Å². The second kappa shape index (κ2) is 9.76. The fourth-order valence-electron chi connectivity index (χ4n) is 3.02. The summed E-state index contributed by atoms with van der Waals surface area (Å²) in [5, 5.41) is 2.65. The molecule has 1 N–H and O–H groups in total. The maximum Gasteiger partial charge on any atom is 0.416 e. The van der Waals surface area contributed by atoms with Gasteiger partial charge in [-0.1, -0.05) is 6.92 Å². The zero-order valence-electron chi connectivity index (χ0n) is 16.4. The van der Waals surface area contributed by atoms with Gasteiger partial charge in [-0.05, 0) is 50.5 Å². The zero-order valence-corrected chi connectivity index (χ0v) is 16.4. The van der Waals surface area contributed by atoms with Crippen LogP contribution in [0.2, 0.25) is 0 Å². The predicted molar refractivity (Wildman–Crippen MR) is 98.9 cm³/mol. The number of esters is 1. The van der Waals surface area contributed by atoms with Gasteiger partial charge in [0.05, 0.1) is 11.5 Å². The molecule has 1 heterocycles. The van der Waals surface area contributed by atoms with E-state index in [2.05, 4.69) is 5.32 Å². The lowest BCUT2D eigenvalue weighted by molar-refractivity contribution is -0.160. The molecule has 1 atom stereocenters. The van der Waals surface area contributed by atoms with Crippen molar-refractivity contribution >= 4 is 17.8 Å². The Balaban J connectivity index is 1.85. The van der Waals surface area contributed by atoms with Crippen LogP contribution < -0.4 is 5.32 Å². The van der Waals surface area contributed by atoms with E-state index < -0.39 is 29.7 Å². The lowest BCUT2D eigenvalue weighted by Crippen LogP contribution is -2.42. The first-order valence-corrected chi connectivity index (χ1v) is 9.58. The molecule has 1 aromatic rings. The molecule has 0 bridgehead atoms. The summed E-state index contributed by atoms with van der Waals surface area (Å²) in [5.74, 6) is -1.63. The molecule has 1 aliphatic rings. The van der Waals surface area contributed by atoms with Crippen molar-refractivity contribution in [1.29, 1.82) is 0 Å². The topological polar surface area (TPSA) is 75.7 Å². The van der Waals surface area contributed by atoms with Gasteiger partial charge in [-0.25, -0.2) is 0 Å². The van der Waals surface area contributed by atoms with Gasteiger partial charge in [-0.3, -0.25) is 14.4 Å². The Hall–Kier alpha value is -2.58. The highest BCUT2D eigenvalue weighted by Gasteiger charge is 2.32. The first kappa shape index (κ1) is 22.7. The molecule has 1 saturated heterocycles. The molecule has 1 aliphatic heterocycles. The summed E-state index contributed by atoms with van der Waals surface area (Å²) in [6, 6.07) is 4.06. The highest BCUT2D eigenvalue weighted by molar-refractivity contribution is 5.94. The lowest BCUT2D eigenvalue weighted by atomic mass is 9.96. The number of hydrogen-bond acceptors (Lipinski definition) is 4. The number of nitrogens with one attached hydrogen (secondary N) is 1. The molecule has 9 heteroatoms. The summed E-state index contributed by atoms with van der Waals surface area (Å²) in [6.45, 7) is 4.50. The molecule has 1 fully saturated rings. The molecule has 29 heavy (non-hydrogen) atoms. The van der Waals surface area contributed by atoms with Crippen LogP contribution in [0.4, 0.5) is 13.2 Å². The van der Waals surface area contributed by atoms with Crippen molar-refractivity contribution in [2.75, 3.05) is 19.6 Å². The monoisotopic (exact) mass is 414 g/mol. The second-order valence-corrected chi connectivity index (χ2v) is 7.01. The van der Waals surface area contributed by atoms with Gasteiger partial charge in [0.25, 0.3) is 11.8 Å². The molecule has 0 spiro atoms. The maximum absolute atomic E-state index is 12.6. The Morgan fingerprint density at radius 3 is 2.28 bits per heavy atom. The Bertz CT molecular complexity index is 726. The summed E-state index contributed by atoms with van der Waals surface area (Å²) in [4.78, 5) is 38.0. The van der Waals surface area contributed by atoms with E-state index in [4.69, 9.17) is 4.74 Å². The lowest BCUT2D eigenvalue weighted by Gasteiger charge is -2.31. The number of alkyl halides is 3. The number of hydrogen-bond donors (Lipinski definition) is 1. The number of halogens is 3. The number of carbonyl (C=O) groups excluding carboxylic acids is 3. The van der Waals surface area contributed by atoms with Gasteiger partial charge < -0.3 is 15.0 Å². The van der Waals surface area contributed by atoms with Crippen molar-refractivity contribution in [1.82, 2.24) is 10.2 Å². The third kappa shape index (κ3) is 6.20. The minimum Gasteiger partial charge on any atom is -0.452 e. The first-order valence-electron chi connectivity index (χ1n) is 9.58. The standard InChI is InChI=1S/C20H25F3N2O4/c1-3-10-24-17(26)13(2)29-19(28)15-8-11-25(12-9-15)18(27)14-4-6-16(7-5-14)20(21,22)23/h4-7,13,15H,3,8-12H2,1-2H3,(H,24,26). The zero-order chi connectivity index (χ0) is 21.6. The van der Waals surface area contributed by atoms with Crippen molar-refractivity contribution in [2.24, 2.45) is 5.92 Å². The number of amides is 2. The molecule has 160 valence electrons. The summed E-state index contributed by atoms with van der Waals surface area (Å²) in [6.07, 6.45) is -3.83. The van der Waals surface area contributed by atoms with Gasteiger partial charge in [-0.15, -0.1) is 0 Å². The molecule has 6 nitrogen and oxygen atoms in total. The van der Waals surface area contributed by atoms with Crippen molar-refractivity contribution < 1.29 is 32.3 Å². The van der Waals surface area contributed by atoms with Crippen LogP contribution in [-0.2, 0) is 20.5 Å². The van der Waals surface area contributed by atoms with Crippen LogP contribution in [0.5, 0.6) is 0 Å². The Labute approximate surface area is 167 Å². The van der Waals surface area contributed by atoms with E-state index in [9.17, 15) is 27.6 Å². The summed E-state index contributed by atoms with van der Waals surface area (Å²) >= 11 is 0. The van der Waals surface area contributed by atoms with E-state index in [1.807, 2.05) is 6.92 Å². The highest BCUT2D eigenvalue weighted by Crippen LogP contribution is 2.29. The minimum atomic E-state index is -4.45. The Morgan fingerprint density at radius 2 is 1.76 bits per heavy atom. The predicted octanol–water partition coefficient (Wildman–Crippen LogP) is 3.02. The van der Waals surface area contributed by atoms with Gasteiger partial charge in [0.15, 0.2) is 6.10 Å². The van der Waals surface area contributed by atoms with Crippen molar-refractivity contribution in [3.63, 3.8) is 0 Å². The molecule has 1 unspecified atom stereocenters. The van der Waals surface area contributed by atoms with E-state index in [1.165, 1.54) is 11.8 Å². The normalized spacial score (nSPS) is 16.2. The third-order valence-electron chi connectivity index (χ3n) is 4.79. The highest BCUT2D eigenvalue weighted by atomic mass is 19.4. The second-order valence-electron chi connectivity index (χ2n) is 7.01. The summed E-state index contributed by atoms with van der Waals surface area (Å²) < 4.78 is 43.1. The third-order valence-corrected chi connectivity index (χ3v) is 4.79. The Morgan fingerprint density at radius 1 is 1.17 bits per heavy atom. The van der Waals surface area contributed by atoms with Gasteiger partial charge in [0.2, 0.25) is 0 Å². The van der Waals surface area contributed by atoms with Crippen molar-refractivity contribution in [2.45, 2.75) is 45.4 Å². The minimum absolute atomic E-state index is 0.167. The average molecular weight is 414 g/mol. The van der Waals surface area contributed by atoms with Gasteiger partial charge >= 0.3 is 12.1 Å². The molecule has 0 aliphatic carbocycles. The largest absolute Gasteiger partial charge is 0.452 e. The molecule has 2 rings (SSSR count). The number of ether oxygens (including phenoxy) is 1. The number of likely N-dealkylation sites (tertiary alicyclic amines) is 1. The van der Waals surface area contributed by atoms with Gasteiger partial charge in [-0.2, -0.15) is 13.2 Å². The number of nitrogens with zero attached hydrogens (tertiary/aromatic N) is 1. The van der Waals surface area contributed by atoms with Crippen molar-refractivity contribution in [3.8, 4) is 0 Å². The smallest absolute Gasteiger partial charge is 0.416 e. The maximum atomic E-state index is 12.6. The van der Waals surface area contributed by atoms with E-state index in [1.54, 1.807) is 0 Å². The van der Waals surface area contributed by atoms with Crippen LogP contribution in [0, 0.1) is 5.92 Å². The molecule has 0 radical (unpaired) electrons.